The van der Waals surface area contributed by atoms with Crippen molar-refractivity contribution in [3.05, 3.63) is 12.7 Å². The minimum absolute atomic E-state index is 0.198. The molecule has 0 heterocycles. The van der Waals surface area contributed by atoms with Crippen LogP contribution in [0.25, 0.3) is 0 Å². The molecule has 0 saturated heterocycles. The van der Waals surface area contributed by atoms with Crippen molar-refractivity contribution in [2.75, 3.05) is 12.4 Å². The first kappa shape index (κ1) is 10.6. The summed E-state index contributed by atoms with van der Waals surface area (Å²) in [6, 6.07) is 0. The summed E-state index contributed by atoms with van der Waals surface area (Å²) in [5.41, 5.74) is 0. The van der Waals surface area contributed by atoms with Gasteiger partial charge in [0.15, 0.2) is 0 Å². The van der Waals surface area contributed by atoms with Gasteiger partial charge in [-0.05, 0) is 6.92 Å². The van der Waals surface area contributed by atoms with Crippen LogP contribution in [0, 0.1) is 0 Å². The van der Waals surface area contributed by atoms with E-state index in [-0.39, 0.29) is 12.4 Å². The van der Waals surface area contributed by atoms with Gasteiger partial charge in [-0.15, -0.1) is 6.58 Å². The lowest BCUT2D eigenvalue weighted by Gasteiger charge is -2.04. The summed E-state index contributed by atoms with van der Waals surface area (Å²) in [4.78, 5) is 0. The van der Waals surface area contributed by atoms with Crippen molar-refractivity contribution in [2.24, 2.45) is 0 Å². The third kappa shape index (κ3) is 6.03. The summed E-state index contributed by atoms with van der Waals surface area (Å²) in [5.74, 6) is -0.222. The molecule has 0 aliphatic heterocycles. The summed E-state index contributed by atoms with van der Waals surface area (Å²) >= 11 is 0. The molecule has 0 amide bonds. The zero-order valence-corrected chi connectivity index (χ0v) is 7.17. The molecular formula is C6H12O4S. The van der Waals surface area contributed by atoms with Crippen LogP contribution < -0.4 is 0 Å². The third-order valence-corrected chi connectivity index (χ3v) is 1.95. The molecule has 0 spiro atoms. The van der Waals surface area contributed by atoms with E-state index in [1.807, 2.05) is 0 Å². The first-order valence-corrected chi connectivity index (χ1v) is 4.71. The lowest BCUT2D eigenvalue weighted by Crippen LogP contribution is -2.17. The smallest absolute Gasteiger partial charge is 0.271 e. The maximum Gasteiger partial charge on any atom is 0.271 e. The molecule has 1 atom stereocenters. The van der Waals surface area contributed by atoms with E-state index in [9.17, 15) is 8.42 Å². The topological polar surface area (TPSA) is 63.6 Å². The number of aliphatic hydroxyl groups excluding tert-OH is 1. The number of hydrogen-bond acceptors (Lipinski definition) is 4. The Labute approximate surface area is 66.6 Å². The van der Waals surface area contributed by atoms with Crippen molar-refractivity contribution in [3.8, 4) is 0 Å². The molecule has 4 nitrogen and oxygen atoms in total. The Bertz CT molecular complexity index is 205. The third-order valence-electron chi connectivity index (χ3n) is 0.811. The maximum absolute atomic E-state index is 10.7. The molecule has 0 radical (unpaired) electrons. The van der Waals surface area contributed by atoms with Crippen molar-refractivity contribution in [1.82, 2.24) is 0 Å². The second-order valence-electron chi connectivity index (χ2n) is 2.15. The lowest BCUT2D eigenvalue weighted by molar-refractivity contribution is 0.126. The Morgan fingerprint density at radius 1 is 1.73 bits per heavy atom. The molecule has 0 saturated carbocycles. The Hall–Kier alpha value is -0.390. The highest BCUT2D eigenvalue weighted by atomic mass is 32.2. The standard InChI is InChI=1S/C6H12O4S/c1-3-4-11(8,9)10-5-6(2)7/h3,6-7H,1,4-5H2,2H3. The monoisotopic (exact) mass is 180 g/mol. The predicted molar refractivity (Wildman–Crippen MR) is 41.6 cm³/mol. The highest BCUT2D eigenvalue weighted by Crippen LogP contribution is 1.94. The number of hydrogen-bond donors (Lipinski definition) is 1. The van der Waals surface area contributed by atoms with Gasteiger partial charge in [-0.1, -0.05) is 6.08 Å². The van der Waals surface area contributed by atoms with Gasteiger partial charge in [0.25, 0.3) is 10.1 Å². The maximum atomic E-state index is 10.7. The van der Waals surface area contributed by atoms with Gasteiger partial charge in [-0.25, -0.2) is 0 Å². The van der Waals surface area contributed by atoms with Crippen LogP contribution in [0.4, 0.5) is 0 Å². The largest absolute Gasteiger partial charge is 0.391 e. The molecule has 0 bridgehead atoms. The van der Waals surface area contributed by atoms with Crippen LogP contribution in [0.3, 0.4) is 0 Å². The van der Waals surface area contributed by atoms with Crippen LogP contribution in [-0.2, 0) is 14.3 Å². The summed E-state index contributed by atoms with van der Waals surface area (Å²) in [5, 5.41) is 8.67. The minimum Gasteiger partial charge on any atom is -0.391 e. The second-order valence-corrected chi connectivity index (χ2v) is 3.83. The predicted octanol–water partition coefficient (Wildman–Crippen LogP) is -0.100. The van der Waals surface area contributed by atoms with E-state index in [0.29, 0.717) is 0 Å². The lowest BCUT2D eigenvalue weighted by atomic mass is 10.5. The normalized spacial score (nSPS) is 14.4. The van der Waals surface area contributed by atoms with Crippen LogP contribution in [0.15, 0.2) is 12.7 Å². The van der Waals surface area contributed by atoms with E-state index in [2.05, 4.69) is 10.8 Å². The Morgan fingerprint density at radius 2 is 2.27 bits per heavy atom. The molecule has 5 heteroatoms. The van der Waals surface area contributed by atoms with E-state index in [1.165, 1.54) is 13.0 Å². The van der Waals surface area contributed by atoms with Gasteiger partial charge in [0.05, 0.1) is 18.5 Å². The van der Waals surface area contributed by atoms with Crippen molar-refractivity contribution < 1.29 is 17.7 Å². The van der Waals surface area contributed by atoms with Crippen molar-refractivity contribution in [1.29, 1.82) is 0 Å². The molecule has 0 aliphatic rings. The summed E-state index contributed by atoms with van der Waals surface area (Å²) in [7, 11) is -3.50. The highest BCUT2D eigenvalue weighted by Gasteiger charge is 2.09. The van der Waals surface area contributed by atoms with E-state index in [0.717, 1.165) is 0 Å². The van der Waals surface area contributed by atoms with Crippen molar-refractivity contribution in [2.45, 2.75) is 13.0 Å². The Morgan fingerprint density at radius 3 is 2.64 bits per heavy atom. The Kier molecular flexibility index (Phi) is 4.32. The SMILES string of the molecule is C=CCS(=O)(=O)OCC(C)O. The molecule has 0 aromatic carbocycles. The van der Waals surface area contributed by atoms with Gasteiger partial charge in [-0.2, -0.15) is 8.42 Å². The molecule has 0 aliphatic carbocycles. The fourth-order valence-corrected chi connectivity index (χ4v) is 1.18. The molecule has 1 unspecified atom stereocenters. The quantitative estimate of drug-likeness (QED) is 0.474. The fourth-order valence-electron chi connectivity index (χ4n) is 0.395. The second kappa shape index (κ2) is 4.48. The fraction of sp³-hybridized carbons (Fsp3) is 0.667. The van der Waals surface area contributed by atoms with Crippen LogP contribution in [-0.4, -0.2) is 32.0 Å². The van der Waals surface area contributed by atoms with Gasteiger partial charge in [0.2, 0.25) is 0 Å². The van der Waals surface area contributed by atoms with Gasteiger partial charge in [0, 0.05) is 0 Å². The zero-order valence-electron chi connectivity index (χ0n) is 6.36. The summed E-state index contributed by atoms with van der Waals surface area (Å²) < 4.78 is 25.8. The Balaban J connectivity index is 3.83. The van der Waals surface area contributed by atoms with Crippen molar-refractivity contribution >= 4 is 10.1 Å². The molecule has 0 aromatic rings. The van der Waals surface area contributed by atoms with E-state index < -0.39 is 16.2 Å². The number of rotatable bonds is 5. The van der Waals surface area contributed by atoms with E-state index in [1.54, 1.807) is 0 Å². The highest BCUT2D eigenvalue weighted by molar-refractivity contribution is 7.86. The number of aliphatic hydroxyl groups is 1. The van der Waals surface area contributed by atoms with Crippen molar-refractivity contribution in [3.63, 3.8) is 0 Å². The molecule has 0 rings (SSSR count). The van der Waals surface area contributed by atoms with Crippen LogP contribution in [0.5, 0.6) is 0 Å². The molecule has 0 aromatic heterocycles. The summed E-state index contributed by atoms with van der Waals surface area (Å²) in [6.45, 7) is 4.50. The zero-order chi connectivity index (χ0) is 8.91. The minimum atomic E-state index is -3.50. The molecule has 0 fully saturated rings. The van der Waals surface area contributed by atoms with Gasteiger partial charge < -0.3 is 5.11 Å². The molecule has 66 valence electrons. The van der Waals surface area contributed by atoms with Crippen LogP contribution in [0.2, 0.25) is 0 Å². The molecule has 1 N–H and O–H groups in total. The van der Waals surface area contributed by atoms with Crippen LogP contribution in [0.1, 0.15) is 6.92 Å². The average molecular weight is 180 g/mol. The average Bonchev–Trinajstić information content (AvgIpc) is 1.84. The van der Waals surface area contributed by atoms with Gasteiger partial charge in [0.1, 0.15) is 0 Å². The van der Waals surface area contributed by atoms with E-state index >= 15 is 0 Å². The molecule has 11 heavy (non-hydrogen) atoms. The molecular weight excluding hydrogens is 168 g/mol. The summed E-state index contributed by atoms with van der Waals surface area (Å²) in [6.07, 6.45) is 0.465. The first-order chi connectivity index (χ1) is 4.98. The van der Waals surface area contributed by atoms with E-state index in [4.69, 9.17) is 5.11 Å². The van der Waals surface area contributed by atoms with Gasteiger partial charge in [-0.3, -0.25) is 4.18 Å². The van der Waals surface area contributed by atoms with Crippen LogP contribution >= 0.6 is 0 Å². The van der Waals surface area contributed by atoms with Gasteiger partial charge >= 0.3 is 0 Å². The first-order valence-electron chi connectivity index (χ1n) is 3.14.